The van der Waals surface area contributed by atoms with Crippen LogP contribution in [-0.4, -0.2) is 134 Å². The Morgan fingerprint density at radius 1 is 0.907 bits per heavy atom. The van der Waals surface area contributed by atoms with E-state index in [0.29, 0.717) is 61.4 Å². The molecule has 296 valence electrons. The van der Waals surface area contributed by atoms with Crippen LogP contribution in [0.3, 0.4) is 0 Å². The number of rotatable bonds is 10. The summed E-state index contributed by atoms with van der Waals surface area (Å²) < 4.78 is 18.9. The smallest absolute Gasteiger partial charge is 0.349 e. The van der Waals surface area contributed by atoms with Gasteiger partial charge in [0.25, 0.3) is 5.91 Å². The molecule has 0 N–H and O–H groups in total. The highest BCUT2D eigenvalue weighted by molar-refractivity contribution is 5.97. The van der Waals surface area contributed by atoms with Crippen LogP contribution >= 0.6 is 0 Å². The van der Waals surface area contributed by atoms with E-state index >= 15 is 0 Å². The lowest BCUT2D eigenvalue weighted by Crippen LogP contribution is -2.69. The first-order valence-electron chi connectivity index (χ1n) is 20.7. The van der Waals surface area contributed by atoms with Crippen molar-refractivity contribution in [2.24, 2.45) is 17.8 Å². The molecule has 1 aliphatic carbocycles. The van der Waals surface area contributed by atoms with Gasteiger partial charge in [-0.2, -0.15) is 0 Å². The van der Waals surface area contributed by atoms with Crippen molar-refractivity contribution in [2.45, 2.75) is 96.4 Å². The number of nitrogens with zero attached hydrogens (tertiary/aromatic N) is 5. The number of fused-ring (bicyclic) bond motifs is 3. The Morgan fingerprint density at radius 2 is 1.65 bits per heavy atom. The lowest BCUT2D eigenvalue weighted by atomic mass is 9.60. The van der Waals surface area contributed by atoms with Crippen molar-refractivity contribution < 1.29 is 33.3 Å². The van der Waals surface area contributed by atoms with Gasteiger partial charge in [-0.25, -0.2) is 14.6 Å². The second-order valence-electron chi connectivity index (χ2n) is 16.7. The molecule has 7 atom stereocenters. The SMILES string of the molecule is CCN(CC)c1ccc2cc(C(=O)N3CCN(C(=O)CN4CCN(CCCC5OC6OC7(C)CCC8CCCC(C5C)C86OO7)CC4)CC3)c(=O)oc2c1. The lowest BCUT2D eigenvalue weighted by Gasteiger charge is -2.59. The number of hydrogen-bond donors (Lipinski definition) is 0. The van der Waals surface area contributed by atoms with Crippen LogP contribution in [0.4, 0.5) is 5.69 Å². The number of amides is 2. The third-order valence-electron chi connectivity index (χ3n) is 13.6. The molecule has 1 spiro atoms. The lowest BCUT2D eigenvalue weighted by molar-refractivity contribution is -0.569. The van der Waals surface area contributed by atoms with Gasteiger partial charge in [-0.05, 0) is 89.5 Å². The van der Waals surface area contributed by atoms with Crippen LogP contribution in [0.1, 0.15) is 83.0 Å². The molecule has 7 heterocycles. The van der Waals surface area contributed by atoms with Crippen molar-refractivity contribution in [3.63, 3.8) is 0 Å². The molecule has 6 aliphatic heterocycles. The maximum atomic E-state index is 13.4. The summed E-state index contributed by atoms with van der Waals surface area (Å²) in [7, 11) is 0. The van der Waals surface area contributed by atoms with Gasteiger partial charge in [0.15, 0.2) is 11.9 Å². The van der Waals surface area contributed by atoms with E-state index in [4.69, 9.17) is 23.7 Å². The second-order valence-corrected chi connectivity index (χ2v) is 16.7. The van der Waals surface area contributed by atoms with Gasteiger partial charge in [0.05, 0.1) is 12.6 Å². The highest BCUT2D eigenvalue weighted by Crippen LogP contribution is 2.59. The fourth-order valence-electron chi connectivity index (χ4n) is 10.3. The van der Waals surface area contributed by atoms with Crippen LogP contribution in [0.2, 0.25) is 0 Å². The number of benzene rings is 1. The largest absolute Gasteiger partial charge is 0.422 e. The molecule has 54 heavy (non-hydrogen) atoms. The van der Waals surface area contributed by atoms with E-state index in [-0.39, 0.29) is 29.8 Å². The summed E-state index contributed by atoms with van der Waals surface area (Å²) in [4.78, 5) is 62.2. The first-order valence-corrected chi connectivity index (χ1v) is 20.7. The fraction of sp³-hybridized carbons (Fsp3) is 0.732. The van der Waals surface area contributed by atoms with Crippen LogP contribution in [-0.2, 0) is 24.0 Å². The Balaban J connectivity index is 0.771. The molecule has 13 heteroatoms. The van der Waals surface area contributed by atoms with Gasteiger partial charge in [0.1, 0.15) is 11.1 Å². The van der Waals surface area contributed by atoms with Crippen molar-refractivity contribution in [1.29, 1.82) is 0 Å². The Hall–Kier alpha value is -3.07. The first-order chi connectivity index (χ1) is 26.1. The molecule has 7 fully saturated rings. The van der Waals surface area contributed by atoms with Crippen LogP contribution in [0.5, 0.6) is 0 Å². The maximum Gasteiger partial charge on any atom is 0.349 e. The molecule has 13 nitrogen and oxygen atoms in total. The molecule has 2 amide bonds. The van der Waals surface area contributed by atoms with Gasteiger partial charge in [-0.1, -0.05) is 13.3 Å². The summed E-state index contributed by atoms with van der Waals surface area (Å²) in [6.07, 6.45) is 7.24. The Morgan fingerprint density at radius 3 is 2.41 bits per heavy atom. The third kappa shape index (κ3) is 7.09. The molecule has 9 rings (SSSR count). The van der Waals surface area contributed by atoms with E-state index in [1.165, 1.54) is 6.42 Å². The van der Waals surface area contributed by atoms with Gasteiger partial charge in [-0.3, -0.25) is 14.5 Å². The number of carbonyl (C=O) groups is 2. The second kappa shape index (κ2) is 15.5. The molecular weight excluding hydrogens is 690 g/mol. The zero-order valence-electron chi connectivity index (χ0n) is 32.6. The van der Waals surface area contributed by atoms with E-state index in [2.05, 4.69) is 35.5 Å². The maximum absolute atomic E-state index is 13.4. The molecule has 6 saturated heterocycles. The topological polar surface area (TPSA) is 117 Å². The van der Waals surface area contributed by atoms with Crippen molar-refractivity contribution in [1.82, 2.24) is 19.6 Å². The summed E-state index contributed by atoms with van der Waals surface area (Å²) >= 11 is 0. The van der Waals surface area contributed by atoms with Gasteiger partial charge < -0.3 is 33.5 Å². The van der Waals surface area contributed by atoms with E-state index in [1.807, 2.05) is 30.0 Å². The zero-order valence-corrected chi connectivity index (χ0v) is 32.6. The average Bonchev–Trinajstić information content (AvgIpc) is 3.41. The van der Waals surface area contributed by atoms with E-state index in [1.54, 1.807) is 11.0 Å². The highest BCUT2D eigenvalue weighted by Gasteiger charge is 2.68. The van der Waals surface area contributed by atoms with E-state index in [9.17, 15) is 14.4 Å². The molecule has 1 aromatic heterocycles. The van der Waals surface area contributed by atoms with E-state index in [0.717, 1.165) is 90.0 Å². The molecule has 1 aromatic carbocycles. The van der Waals surface area contributed by atoms with Crippen molar-refractivity contribution in [3.05, 3.63) is 40.2 Å². The van der Waals surface area contributed by atoms with Crippen LogP contribution in [0, 0.1) is 17.8 Å². The van der Waals surface area contributed by atoms with Gasteiger partial charge in [0, 0.05) is 94.9 Å². The summed E-state index contributed by atoms with van der Waals surface area (Å²) in [5.74, 6) is 0.196. The monoisotopic (exact) mass is 749 g/mol. The number of ether oxygens (including phenoxy) is 2. The summed E-state index contributed by atoms with van der Waals surface area (Å²) in [6.45, 7) is 16.8. The molecule has 7 aliphatic rings. The zero-order chi connectivity index (χ0) is 37.6. The summed E-state index contributed by atoms with van der Waals surface area (Å²) in [5, 5.41) is 0.715. The number of piperazine rings is 2. The molecule has 7 unspecified atom stereocenters. The van der Waals surface area contributed by atoms with Crippen molar-refractivity contribution >= 4 is 28.5 Å². The molecular formula is C41H59N5O8. The number of anilines is 1. The molecule has 2 bridgehead atoms. The predicted octanol–water partition coefficient (Wildman–Crippen LogP) is 4.33. The summed E-state index contributed by atoms with van der Waals surface area (Å²) in [6, 6.07) is 7.38. The standard InChI is InChI=1S/C41H59N5O8/c1-5-44(6-2)31-13-12-29-25-32(38(49)50-35(29)26-31)37(48)46-23-21-45(22-24-46)36(47)27-43-19-17-42(18-20-43)16-8-11-34-28(3)33-10-7-9-30-14-15-40(4)52-39(51-34)41(30,33)54-53-40/h12-13,25-26,28,30,33-34,39H,5-11,14-24,27H2,1-4H3. The van der Waals surface area contributed by atoms with Crippen molar-refractivity contribution in [3.8, 4) is 0 Å². The van der Waals surface area contributed by atoms with Gasteiger partial charge in [-0.15, -0.1) is 0 Å². The summed E-state index contributed by atoms with van der Waals surface area (Å²) in [5.41, 5.74) is 0.377. The first kappa shape index (κ1) is 37.8. The van der Waals surface area contributed by atoms with Gasteiger partial charge >= 0.3 is 5.63 Å². The molecule has 0 radical (unpaired) electrons. The minimum atomic E-state index is -0.730. The third-order valence-corrected chi connectivity index (χ3v) is 13.6. The Kier molecular flexibility index (Phi) is 10.8. The normalized spacial score (nSPS) is 33.1. The minimum absolute atomic E-state index is 0.0341. The highest BCUT2D eigenvalue weighted by atomic mass is 17.3. The molecule has 1 saturated carbocycles. The Bertz CT molecular complexity index is 1740. The fourth-order valence-corrected chi connectivity index (χ4v) is 10.3. The van der Waals surface area contributed by atoms with Crippen molar-refractivity contribution in [2.75, 3.05) is 83.4 Å². The Labute approximate surface area is 318 Å². The minimum Gasteiger partial charge on any atom is -0.422 e. The van der Waals surface area contributed by atoms with Crippen LogP contribution in [0.25, 0.3) is 11.0 Å². The van der Waals surface area contributed by atoms with E-state index < -0.39 is 17.0 Å². The average molecular weight is 750 g/mol. The molecule has 2 aromatic rings. The van der Waals surface area contributed by atoms with Crippen LogP contribution in [0.15, 0.2) is 33.5 Å². The van der Waals surface area contributed by atoms with Crippen LogP contribution < -0.4 is 10.5 Å². The quantitative estimate of drug-likeness (QED) is 0.256. The van der Waals surface area contributed by atoms with Gasteiger partial charge in [0.2, 0.25) is 11.7 Å². The number of hydrogen-bond acceptors (Lipinski definition) is 11. The predicted molar refractivity (Wildman–Crippen MR) is 203 cm³/mol. The number of carbonyl (C=O) groups excluding carboxylic acids is 2.